The normalized spacial score (nSPS) is 15.3. The average Bonchev–Trinajstić information content (AvgIpc) is 2.74. The third-order valence-electron chi connectivity index (χ3n) is 5.54. The van der Waals surface area contributed by atoms with E-state index in [1.165, 1.54) is 6.07 Å². The fraction of sp³-hybridized carbons (Fsp3) is 0.478. The quantitative estimate of drug-likeness (QED) is 0.595. The molecular formula is C23H32FN3O3S. The van der Waals surface area contributed by atoms with Gasteiger partial charge in [0.05, 0.1) is 17.2 Å². The van der Waals surface area contributed by atoms with Gasteiger partial charge < -0.3 is 9.64 Å². The van der Waals surface area contributed by atoms with Crippen molar-refractivity contribution < 1.29 is 17.5 Å². The number of piperazine rings is 1. The van der Waals surface area contributed by atoms with Crippen molar-refractivity contribution in [3.63, 3.8) is 0 Å². The zero-order valence-corrected chi connectivity index (χ0v) is 19.3. The van der Waals surface area contributed by atoms with Crippen LogP contribution in [-0.2, 0) is 10.0 Å². The summed E-state index contributed by atoms with van der Waals surface area (Å²) in [5.74, 6) is 0.557. The van der Waals surface area contributed by atoms with Gasteiger partial charge in [-0.25, -0.2) is 17.5 Å². The van der Waals surface area contributed by atoms with Crippen LogP contribution in [0.2, 0.25) is 0 Å². The van der Waals surface area contributed by atoms with Crippen LogP contribution in [-0.4, -0.2) is 59.2 Å². The molecule has 170 valence electrons. The van der Waals surface area contributed by atoms with Crippen LogP contribution in [0.25, 0.3) is 0 Å². The van der Waals surface area contributed by atoms with Gasteiger partial charge in [-0.15, -0.1) is 0 Å². The third-order valence-corrected chi connectivity index (χ3v) is 6.98. The van der Waals surface area contributed by atoms with Crippen molar-refractivity contribution in [3.05, 3.63) is 53.3 Å². The summed E-state index contributed by atoms with van der Waals surface area (Å²) in [4.78, 5) is 4.62. The Morgan fingerprint density at radius 1 is 1.06 bits per heavy atom. The summed E-state index contributed by atoms with van der Waals surface area (Å²) in [6, 6.07) is 10.2. The Balaban J connectivity index is 1.46. The monoisotopic (exact) mass is 449 g/mol. The van der Waals surface area contributed by atoms with Gasteiger partial charge in [0, 0.05) is 32.7 Å². The molecule has 2 aromatic carbocycles. The maximum Gasteiger partial charge on any atom is 0.240 e. The summed E-state index contributed by atoms with van der Waals surface area (Å²) in [6.45, 7) is 10.5. The van der Waals surface area contributed by atoms with Gasteiger partial charge in [-0.05, 0) is 69.1 Å². The second-order valence-corrected chi connectivity index (χ2v) is 9.62. The van der Waals surface area contributed by atoms with Gasteiger partial charge in [0.2, 0.25) is 10.0 Å². The van der Waals surface area contributed by atoms with Gasteiger partial charge >= 0.3 is 0 Å². The number of anilines is 1. The topological polar surface area (TPSA) is 61.9 Å². The Bertz CT molecular complexity index is 966. The Morgan fingerprint density at radius 2 is 1.71 bits per heavy atom. The van der Waals surface area contributed by atoms with E-state index in [9.17, 15) is 12.8 Å². The lowest BCUT2D eigenvalue weighted by atomic mass is 10.1. The number of ether oxygens (including phenoxy) is 1. The van der Waals surface area contributed by atoms with Crippen LogP contribution in [0.1, 0.15) is 24.5 Å². The van der Waals surface area contributed by atoms with E-state index >= 15 is 0 Å². The fourth-order valence-electron chi connectivity index (χ4n) is 3.95. The third kappa shape index (κ3) is 5.96. The molecule has 0 spiro atoms. The van der Waals surface area contributed by atoms with Crippen molar-refractivity contribution in [2.75, 3.05) is 50.8 Å². The summed E-state index contributed by atoms with van der Waals surface area (Å²) < 4.78 is 47.6. The zero-order valence-electron chi connectivity index (χ0n) is 18.5. The molecule has 0 amide bonds. The molecule has 1 aliphatic heterocycles. The molecule has 1 heterocycles. The summed E-state index contributed by atoms with van der Waals surface area (Å²) in [7, 11) is -3.56. The first kappa shape index (κ1) is 23.5. The van der Waals surface area contributed by atoms with E-state index in [0.29, 0.717) is 25.3 Å². The lowest BCUT2D eigenvalue weighted by Gasteiger charge is -2.36. The number of hydrogen-bond acceptors (Lipinski definition) is 5. The summed E-state index contributed by atoms with van der Waals surface area (Å²) in [5, 5.41) is 0. The van der Waals surface area contributed by atoms with Crippen LogP contribution in [0.3, 0.4) is 0 Å². The number of para-hydroxylation sites is 1. The van der Waals surface area contributed by atoms with Gasteiger partial charge in [0.15, 0.2) is 0 Å². The number of rotatable bonds is 9. The molecule has 0 radical (unpaired) electrons. The molecule has 3 rings (SSSR count). The predicted molar refractivity (Wildman–Crippen MR) is 122 cm³/mol. The van der Waals surface area contributed by atoms with Gasteiger partial charge in [-0.3, -0.25) is 4.90 Å². The molecular weight excluding hydrogens is 417 g/mol. The van der Waals surface area contributed by atoms with Crippen LogP contribution in [0.5, 0.6) is 5.75 Å². The highest BCUT2D eigenvalue weighted by Crippen LogP contribution is 2.27. The van der Waals surface area contributed by atoms with Crippen LogP contribution < -0.4 is 14.4 Å². The van der Waals surface area contributed by atoms with Gasteiger partial charge in [0.25, 0.3) is 0 Å². The maximum absolute atomic E-state index is 14.0. The standard InChI is InChI=1S/C23H32FN3O3S/c1-4-30-23-18(2)16-20(17-19(23)3)31(28,29)25-10-7-11-26-12-14-27(15-13-26)22-9-6-5-8-21(22)24/h5-6,8-9,16-17,25H,4,7,10-15H2,1-3H3. The van der Waals surface area contributed by atoms with Gasteiger partial charge in [0.1, 0.15) is 11.6 Å². The molecule has 1 saturated heterocycles. The van der Waals surface area contributed by atoms with Crippen LogP contribution in [0.15, 0.2) is 41.3 Å². The van der Waals surface area contributed by atoms with Crippen LogP contribution in [0.4, 0.5) is 10.1 Å². The van der Waals surface area contributed by atoms with Gasteiger partial charge in [-0.2, -0.15) is 0 Å². The molecule has 0 unspecified atom stereocenters. The molecule has 0 aromatic heterocycles. The molecule has 31 heavy (non-hydrogen) atoms. The van der Waals surface area contributed by atoms with E-state index < -0.39 is 10.0 Å². The molecule has 0 atom stereocenters. The first-order chi connectivity index (χ1) is 14.8. The number of aryl methyl sites for hydroxylation is 2. The van der Waals surface area contributed by atoms with Crippen molar-refractivity contribution in [2.24, 2.45) is 0 Å². The average molecular weight is 450 g/mol. The number of halogens is 1. The zero-order chi connectivity index (χ0) is 22.4. The molecule has 1 N–H and O–H groups in total. The van der Waals surface area contributed by atoms with Crippen molar-refractivity contribution >= 4 is 15.7 Å². The predicted octanol–water partition coefficient (Wildman–Crippen LogP) is 3.33. The molecule has 1 aliphatic rings. The summed E-state index contributed by atoms with van der Waals surface area (Å²) in [6.07, 6.45) is 0.716. The fourth-order valence-corrected chi connectivity index (χ4v) is 5.19. The van der Waals surface area contributed by atoms with E-state index in [1.54, 1.807) is 18.2 Å². The lowest BCUT2D eigenvalue weighted by molar-refractivity contribution is 0.255. The van der Waals surface area contributed by atoms with E-state index in [1.807, 2.05) is 32.9 Å². The molecule has 1 fully saturated rings. The summed E-state index contributed by atoms with van der Waals surface area (Å²) >= 11 is 0. The van der Waals surface area contributed by atoms with Gasteiger partial charge in [-0.1, -0.05) is 12.1 Å². The number of benzene rings is 2. The molecule has 2 aromatic rings. The Kier molecular flexibility index (Phi) is 7.91. The molecule has 0 aliphatic carbocycles. The van der Waals surface area contributed by atoms with E-state index in [0.717, 1.165) is 49.6 Å². The largest absolute Gasteiger partial charge is 0.493 e. The van der Waals surface area contributed by atoms with Crippen molar-refractivity contribution in [2.45, 2.75) is 32.1 Å². The van der Waals surface area contributed by atoms with Crippen molar-refractivity contribution in [3.8, 4) is 5.75 Å². The number of hydrogen-bond donors (Lipinski definition) is 1. The Morgan fingerprint density at radius 3 is 2.32 bits per heavy atom. The number of nitrogens with zero attached hydrogens (tertiary/aromatic N) is 2. The van der Waals surface area contributed by atoms with Crippen molar-refractivity contribution in [1.29, 1.82) is 0 Å². The summed E-state index contributed by atoms with van der Waals surface area (Å²) in [5.41, 5.74) is 2.28. The number of nitrogens with one attached hydrogen (secondary N) is 1. The molecule has 0 saturated carbocycles. The Labute approximate surface area is 185 Å². The first-order valence-electron chi connectivity index (χ1n) is 10.8. The highest BCUT2D eigenvalue weighted by atomic mass is 32.2. The number of sulfonamides is 1. The SMILES string of the molecule is CCOc1c(C)cc(S(=O)(=O)NCCCN2CCN(c3ccccc3F)CC2)cc1C. The minimum Gasteiger partial charge on any atom is -0.493 e. The smallest absolute Gasteiger partial charge is 0.240 e. The van der Waals surface area contributed by atoms with Crippen LogP contribution in [0, 0.1) is 19.7 Å². The minimum atomic E-state index is -3.56. The second kappa shape index (κ2) is 10.4. The second-order valence-electron chi connectivity index (χ2n) is 7.85. The molecule has 6 nitrogen and oxygen atoms in total. The highest BCUT2D eigenvalue weighted by molar-refractivity contribution is 7.89. The lowest BCUT2D eigenvalue weighted by Crippen LogP contribution is -2.47. The van der Waals surface area contributed by atoms with E-state index in [-0.39, 0.29) is 10.7 Å². The molecule has 0 bridgehead atoms. The minimum absolute atomic E-state index is 0.190. The van der Waals surface area contributed by atoms with E-state index in [4.69, 9.17) is 4.74 Å². The molecule has 8 heteroatoms. The van der Waals surface area contributed by atoms with Crippen molar-refractivity contribution in [1.82, 2.24) is 9.62 Å². The Hall–Kier alpha value is -2.16. The first-order valence-corrected chi connectivity index (χ1v) is 12.3. The van der Waals surface area contributed by atoms with Crippen LogP contribution >= 0.6 is 0 Å². The highest BCUT2D eigenvalue weighted by Gasteiger charge is 2.20. The maximum atomic E-state index is 14.0. The van der Waals surface area contributed by atoms with E-state index in [2.05, 4.69) is 14.5 Å².